The summed E-state index contributed by atoms with van der Waals surface area (Å²) < 4.78 is 44.4. The van der Waals surface area contributed by atoms with Crippen molar-refractivity contribution < 1.29 is 33.1 Å². The minimum absolute atomic E-state index is 0.0597. The van der Waals surface area contributed by atoms with E-state index in [0.29, 0.717) is 25.6 Å². The van der Waals surface area contributed by atoms with Gasteiger partial charge in [0.25, 0.3) is 0 Å². The molecule has 1 aliphatic rings. The highest BCUT2D eigenvalue weighted by molar-refractivity contribution is 7.37. The van der Waals surface area contributed by atoms with E-state index in [2.05, 4.69) is 0 Å². The Kier molecular flexibility index (Phi) is 11.2. The van der Waals surface area contributed by atoms with Crippen LogP contribution in [-0.4, -0.2) is 41.8 Å². The van der Waals surface area contributed by atoms with E-state index >= 15 is 0 Å². The Morgan fingerprint density at radius 2 is 1.02 bits per heavy atom. The first kappa shape index (κ1) is 30.1. The van der Waals surface area contributed by atoms with Gasteiger partial charge in [0.1, 0.15) is 24.1 Å². The van der Waals surface area contributed by atoms with Crippen LogP contribution in [-0.2, 0) is 43.3 Å². The molecule has 1 fully saturated rings. The fourth-order valence-corrected chi connectivity index (χ4v) is 5.42. The van der Waals surface area contributed by atoms with Gasteiger partial charge >= 0.3 is 8.03 Å². The van der Waals surface area contributed by atoms with Crippen molar-refractivity contribution in [2.24, 2.45) is 0 Å². The van der Waals surface area contributed by atoms with Crippen LogP contribution in [0.5, 0.6) is 5.75 Å². The standard InChI is InChI=1S/C34H35O7P/c35-42(36)22-21-30-31(37-23-26-13-5-1-6-14-26)32(38-24-27-15-7-2-8-16-27)33(39-25-28-17-9-3-10-18-28)34(41-30)40-29-19-11-4-12-20-29/h1-20,30-34H,21-25H2/p+1/t30-,31-,32+,33+,34+/m1/s1. The SMILES string of the molecule is O=[P+](O)CC[C@H]1O[C@H](Oc2ccccc2)[C@@H](OCc2ccccc2)[C@@H](OCc2ccccc2)[C@@H]1OCc1ccccc1. The van der Waals surface area contributed by atoms with Crippen LogP contribution in [0.2, 0.25) is 0 Å². The van der Waals surface area contributed by atoms with Crippen LogP contribution in [0.15, 0.2) is 121 Å². The Morgan fingerprint density at radius 3 is 1.50 bits per heavy atom. The monoisotopic (exact) mass is 587 g/mol. The van der Waals surface area contributed by atoms with Crippen molar-refractivity contribution in [2.45, 2.75) is 56.9 Å². The van der Waals surface area contributed by atoms with Gasteiger partial charge in [-0.05, 0) is 33.4 Å². The summed E-state index contributed by atoms with van der Waals surface area (Å²) in [6.07, 6.45) is -2.96. The second kappa shape index (κ2) is 15.7. The second-order valence-electron chi connectivity index (χ2n) is 10.1. The van der Waals surface area contributed by atoms with E-state index in [1.54, 1.807) is 0 Å². The van der Waals surface area contributed by atoms with Crippen LogP contribution >= 0.6 is 8.03 Å². The number of rotatable bonds is 14. The largest absolute Gasteiger partial charge is 0.505 e. The zero-order chi connectivity index (χ0) is 29.0. The molecule has 0 aliphatic carbocycles. The van der Waals surface area contributed by atoms with Crippen LogP contribution in [0.3, 0.4) is 0 Å². The third-order valence-electron chi connectivity index (χ3n) is 7.05. The maximum absolute atomic E-state index is 11.8. The lowest BCUT2D eigenvalue weighted by atomic mass is 9.96. The van der Waals surface area contributed by atoms with Gasteiger partial charge in [0, 0.05) is 6.42 Å². The topological polar surface area (TPSA) is 83.5 Å². The lowest BCUT2D eigenvalue weighted by Gasteiger charge is -2.45. The Labute approximate surface area is 247 Å². The Morgan fingerprint density at radius 1 is 0.595 bits per heavy atom. The van der Waals surface area contributed by atoms with Crippen LogP contribution in [0.25, 0.3) is 0 Å². The summed E-state index contributed by atoms with van der Waals surface area (Å²) in [4.78, 5) is 9.68. The molecule has 42 heavy (non-hydrogen) atoms. The van der Waals surface area contributed by atoms with Crippen LogP contribution in [0.1, 0.15) is 23.1 Å². The van der Waals surface area contributed by atoms with Crippen LogP contribution < -0.4 is 4.74 Å². The molecule has 218 valence electrons. The Hall–Kier alpha value is -3.42. The molecule has 1 saturated heterocycles. The quantitative estimate of drug-likeness (QED) is 0.165. The molecule has 0 radical (unpaired) electrons. The molecule has 1 N–H and O–H groups in total. The molecular weight excluding hydrogens is 551 g/mol. The van der Waals surface area contributed by atoms with Gasteiger partial charge in [-0.15, -0.1) is 0 Å². The minimum atomic E-state index is -2.36. The number of hydrogen-bond acceptors (Lipinski definition) is 6. The summed E-state index contributed by atoms with van der Waals surface area (Å²) >= 11 is 0. The molecule has 4 aromatic carbocycles. The molecular formula is C34H36O7P+. The molecule has 1 unspecified atom stereocenters. The molecule has 4 aromatic rings. The highest BCUT2D eigenvalue weighted by Crippen LogP contribution is 2.34. The molecule has 1 heterocycles. The zero-order valence-corrected chi connectivity index (χ0v) is 24.2. The first-order valence-corrected chi connectivity index (χ1v) is 15.5. The van der Waals surface area contributed by atoms with Crippen molar-refractivity contribution in [1.29, 1.82) is 0 Å². The smallest absolute Gasteiger partial charge is 0.462 e. The zero-order valence-electron chi connectivity index (χ0n) is 23.3. The van der Waals surface area contributed by atoms with E-state index in [0.717, 1.165) is 16.7 Å². The molecule has 8 heteroatoms. The third kappa shape index (κ3) is 8.79. The molecule has 0 aromatic heterocycles. The maximum atomic E-state index is 11.8. The van der Waals surface area contributed by atoms with Crippen molar-refractivity contribution in [3.63, 3.8) is 0 Å². The molecule has 0 saturated carbocycles. The van der Waals surface area contributed by atoms with E-state index in [-0.39, 0.29) is 12.6 Å². The highest BCUT2D eigenvalue weighted by atomic mass is 31.1. The summed E-state index contributed by atoms with van der Waals surface area (Å²) in [7, 11) is -2.36. The fraction of sp³-hybridized carbons (Fsp3) is 0.294. The van der Waals surface area contributed by atoms with Gasteiger partial charge < -0.3 is 23.7 Å². The molecule has 7 nitrogen and oxygen atoms in total. The summed E-state index contributed by atoms with van der Waals surface area (Å²) in [5.41, 5.74) is 3.00. The van der Waals surface area contributed by atoms with E-state index in [4.69, 9.17) is 23.7 Å². The Bertz CT molecular complexity index is 1340. The van der Waals surface area contributed by atoms with Crippen molar-refractivity contribution in [3.8, 4) is 5.75 Å². The van der Waals surface area contributed by atoms with Gasteiger partial charge in [-0.2, -0.15) is 4.89 Å². The summed E-state index contributed by atoms with van der Waals surface area (Å²) in [6, 6.07) is 39.1. The lowest BCUT2D eigenvalue weighted by Crippen LogP contribution is -2.61. The molecule has 0 spiro atoms. The van der Waals surface area contributed by atoms with E-state index in [9.17, 15) is 9.46 Å². The van der Waals surface area contributed by atoms with E-state index < -0.39 is 38.7 Å². The van der Waals surface area contributed by atoms with Crippen molar-refractivity contribution in [3.05, 3.63) is 138 Å². The third-order valence-corrected chi connectivity index (χ3v) is 7.69. The molecule has 0 amide bonds. The molecule has 1 aliphatic heterocycles. The summed E-state index contributed by atoms with van der Waals surface area (Å²) in [5, 5.41) is 0. The van der Waals surface area contributed by atoms with E-state index in [1.807, 2.05) is 121 Å². The van der Waals surface area contributed by atoms with Gasteiger partial charge in [-0.3, -0.25) is 0 Å². The van der Waals surface area contributed by atoms with Gasteiger partial charge in [0.15, 0.2) is 6.16 Å². The van der Waals surface area contributed by atoms with Crippen LogP contribution in [0.4, 0.5) is 0 Å². The number of benzene rings is 4. The number of para-hydroxylation sites is 1. The maximum Gasteiger partial charge on any atom is 0.505 e. The highest BCUT2D eigenvalue weighted by Gasteiger charge is 2.50. The summed E-state index contributed by atoms with van der Waals surface area (Å²) in [6.45, 7) is 0.950. The second-order valence-corrected chi connectivity index (χ2v) is 11.3. The average molecular weight is 588 g/mol. The lowest BCUT2D eigenvalue weighted by molar-refractivity contribution is -0.304. The molecule has 0 bridgehead atoms. The first-order chi connectivity index (χ1) is 20.7. The number of ether oxygens (including phenoxy) is 5. The Balaban J connectivity index is 1.47. The summed E-state index contributed by atoms with van der Waals surface area (Å²) in [5.74, 6) is 0.619. The minimum Gasteiger partial charge on any atom is -0.462 e. The average Bonchev–Trinajstić information content (AvgIpc) is 3.03. The predicted octanol–water partition coefficient (Wildman–Crippen LogP) is 6.67. The number of hydrogen-bond donors (Lipinski definition) is 1. The van der Waals surface area contributed by atoms with Gasteiger partial charge in [0.2, 0.25) is 6.29 Å². The van der Waals surface area contributed by atoms with Crippen molar-refractivity contribution in [2.75, 3.05) is 6.16 Å². The van der Waals surface area contributed by atoms with E-state index in [1.165, 1.54) is 0 Å². The molecule has 5 rings (SSSR count). The predicted molar refractivity (Wildman–Crippen MR) is 160 cm³/mol. The van der Waals surface area contributed by atoms with Crippen molar-refractivity contribution >= 4 is 8.03 Å². The fourth-order valence-electron chi connectivity index (χ4n) is 4.94. The van der Waals surface area contributed by atoms with Crippen molar-refractivity contribution in [1.82, 2.24) is 0 Å². The normalized spacial score (nSPS) is 22.4. The van der Waals surface area contributed by atoms with Crippen LogP contribution in [0, 0.1) is 0 Å². The van der Waals surface area contributed by atoms with Gasteiger partial charge in [0.05, 0.1) is 25.9 Å². The molecule has 6 atom stereocenters. The first-order valence-electron chi connectivity index (χ1n) is 14.1. The van der Waals surface area contributed by atoms with Gasteiger partial charge in [-0.1, -0.05) is 109 Å². The van der Waals surface area contributed by atoms with Gasteiger partial charge in [-0.25, -0.2) is 0 Å².